The van der Waals surface area contributed by atoms with E-state index in [4.69, 9.17) is 25.5 Å². The number of hydrogen-bond donors (Lipinski definition) is 0. The Labute approximate surface area is 154 Å². The number of ether oxygens (including phenoxy) is 3. The molecule has 0 radical (unpaired) electrons. The van der Waals surface area contributed by atoms with Crippen molar-refractivity contribution < 1.29 is 28.2 Å². The third kappa shape index (κ3) is 4.16. The summed E-state index contributed by atoms with van der Waals surface area (Å²) in [5.41, 5.74) is 0.353. The molecule has 0 saturated carbocycles. The number of hydrogen-bond acceptors (Lipinski definition) is 7. The fraction of sp³-hybridized carbons (Fsp3) is 0.389. The smallest absolute Gasteiger partial charge is 0.347 e. The molecule has 0 aliphatic heterocycles. The highest BCUT2D eigenvalue weighted by Gasteiger charge is 2.20. The number of benzene rings is 1. The lowest BCUT2D eigenvalue weighted by Crippen LogP contribution is -2.26. The van der Waals surface area contributed by atoms with Crippen LogP contribution in [0.5, 0.6) is 5.75 Å². The predicted octanol–water partition coefficient (Wildman–Crippen LogP) is 2.80. The maximum absolute atomic E-state index is 12.2. The van der Waals surface area contributed by atoms with Crippen molar-refractivity contribution in [1.82, 2.24) is 0 Å². The number of aryl methyl sites for hydroxylation is 1. The van der Waals surface area contributed by atoms with Gasteiger partial charge in [-0.1, -0.05) is 11.6 Å². The lowest BCUT2D eigenvalue weighted by Gasteiger charge is -2.15. The molecule has 7 nitrogen and oxygen atoms in total. The minimum Gasteiger partial charge on any atom is -0.477 e. The predicted molar refractivity (Wildman–Crippen MR) is 94.7 cm³/mol. The largest absolute Gasteiger partial charge is 0.477 e. The van der Waals surface area contributed by atoms with Crippen molar-refractivity contribution in [1.29, 1.82) is 0 Å². The monoisotopic (exact) mass is 382 g/mol. The summed E-state index contributed by atoms with van der Waals surface area (Å²) in [5.74, 6) is -0.897. The first-order valence-corrected chi connectivity index (χ1v) is 8.32. The van der Waals surface area contributed by atoms with Crippen LogP contribution in [-0.2, 0) is 25.5 Å². The van der Waals surface area contributed by atoms with E-state index >= 15 is 0 Å². The number of carbonyl (C=O) groups excluding carboxylic acids is 2. The van der Waals surface area contributed by atoms with Crippen molar-refractivity contribution in [2.75, 3.05) is 13.7 Å². The van der Waals surface area contributed by atoms with E-state index in [1.54, 1.807) is 19.9 Å². The molecule has 1 aromatic carbocycles. The number of rotatable bonds is 6. The highest BCUT2D eigenvalue weighted by atomic mass is 35.5. The van der Waals surface area contributed by atoms with E-state index in [1.807, 2.05) is 0 Å². The minimum atomic E-state index is -0.878. The maximum atomic E-state index is 12.2. The Bertz CT molecular complexity index is 901. The second kappa shape index (κ2) is 8.23. The Morgan fingerprint density at radius 1 is 1.31 bits per heavy atom. The molecule has 0 unspecified atom stereocenters. The molecule has 0 fully saturated rings. The zero-order valence-electron chi connectivity index (χ0n) is 14.9. The van der Waals surface area contributed by atoms with Gasteiger partial charge in [0.15, 0.2) is 6.10 Å². The molecule has 1 aromatic heterocycles. The van der Waals surface area contributed by atoms with Gasteiger partial charge in [-0.15, -0.1) is 0 Å². The normalized spacial score (nSPS) is 11.9. The van der Waals surface area contributed by atoms with E-state index < -0.39 is 23.7 Å². The number of esters is 2. The Balaban J connectivity index is 2.45. The molecule has 1 atom stereocenters. The molecule has 0 aliphatic rings. The van der Waals surface area contributed by atoms with Gasteiger partial charge >= 0.3 is 17.6 Å². The van der Waals surface area contributed by atoms with Gasteiger partial charge in [0.25, 0.3) is 0 Å². The van der Waals surface area contributed by atoms with E-state index in [1.165, 1.54) is 20.1 Å². The van der Waals surface area contributed by atoms with Crippen LogP contribution in [0.4, 0.5) is 0 Å². The van der Waals surface area contributed by atoms with Crippen LogP contribution in [0.2, 0.25) is 5.02 Å². The van der Waals surface area contributed by atoms with E-state index in [-0.39, 0.29) is 34.9 Å². The Hall–Kier alpha value is -2.54. The molecule has 2 rings (SSSR count). The van der Waals surface area contributed by atoms with Gasteiger partial charge in [0.05, 0.1) is 30.7 Å². The highest BCUT2D eigenvalue weighted by molar-refractivity contribution is 6.32. The third-order valence-electron chi connectivity index (χ3n) is 3.81. The van der Waals surface area contributed by atoms with Crippen LogP contribution >= 0.6 is 11.6 Å². The molecule has 26 heavy (non-hydrogen) atoms. The zero-order chi connectivity index (χ0) is 19.4. The average Bonchev–Trinajstić information content (AvgIpc) is 2.60. The maximum Gasteiger partial charge on any atom is 0.347 e. The Morgan fingerprint density at radius 3 is 2.62 bits per heavy atom. The number of methoxy groups -OCH3 is 1. The van der Waals surface area contributed by atoms with Gasteiger partial charge in [0.1, 0.15) is 11.3 Å². The minimum absolute atomic E-state index is 0.183. The van der Waals surface area contributed by atoms with Gasteiger partial charge in [0.2, 0.25) is 0 Å². The van der Waals surface area contributed by atoms with Gasteiger partial charge in [-0.2, -0.15) is 0 Å². The van der Waals surface area contributed by atoms with Crippen LogP contribution in [0.1, 0.15) is 25.0 Å². The van der Waals surface area contributed by atoms with Crippen LogP contribution in [-0.4, -0.2) is 31.8 Å². The van der Waals surface area contributed by atoms with Crippen molar-refractivity contribution in [3.05, 3.63) is 38.7 Å². The summed E-state index contributed by atoms with van der Waals surface area (Å²) in [6.45, 7) is 5.14. The van der Waals surface area contributed by atoms with Crippen molar-refractivity contribution in [3.8, 4) is 5.75 Å². The van der Waals surface area contributed by atoms with Crippen molar-refractivity contribution in [2.45, 2.75) is 33.3 Å². The van der Waals surface area contributed by atoms with Gasteiger partial charge < -0.3 is 18.6 Å². The van der Waals surface area contributed by atoms with Crippen molar-refractivity contribution in [3.63, 3.8) is 0 Å². The van der Waals surface area contributed by atoms with Crippen molar-refractivity contribution in [2.24, 2.45) is 0 Å². The summed E-state index contributed by atoms with van der Waals surface area (Å²) in [6, 6.07) is 2.99. The summed E-state index contributed by atoms with van der Waals surface area (Å²) >= 11 is 6.24. The molecule has 0 bridgehead atoms. The molecule has 140 valence electrons. The standard InChI is InChI=1S/C18H19ClO7/c1-5-24-17(21)10(3)25-15-8-14-11(6-13(15)19)9(2)12(18(22)26-14)7-16(20)23-4/h6,8,10H,5,7H2,1-4H3/t10-/m1/s1. The SMILES string of the molecule is CCOC(=O)[C@@H](C)Oc1cc2oc(=O)c(CC(=O)OC)c(C)c2cc1Cl. The molecule has 0 spiro atoms. The molecule has 2 aromatic rings. The molecule has 0 amide bonds. The van der Waals surface area contributed by atoms with Crippen LogP contribution in [0, 0.1) is 6.92 Å². The Morgan fingerprint density at radius 2 is 2.00 bits per heavy atom. The van der Waals surface area contributed by atoms with E-state index in [9.17, 15) is 14.4 Å². The van der Waals surface area contributed by atoms with Crippen LogP contribution in [0.15, 0.2) is 21.3 Å². The quantitative estimate of drug-likeness (QED) is 0.560. The third-order valence-corrected chi connectivity index (χ3v) is 4.11. The first kappa shape index (κ1) is 19.8. The number of fused-ring (bicyclic) bond motifs is 1. The van der Waals surface area contributed by atoms with Crippen LogP contribution in [0.25, 0.3) is 11.0 Å². The van der Waals surface area contributed by atoms with Crippen molar-refractivity contribution >= 4 is 34.5 Å². The van der Waals surface area contributed by atoms with Gasteiger partial charge in [-0.05, 0) is 32.4 Å². The molecular formula is C18H19ClO7. The second-order valence-electron chi connectivity index (χ2n) is 5.54. The fourth-order valence-electron chi connectivity index (χ4n) is 2.40. The molecule has 8 heteroatoms. The Kier molecular flexibility index (Phi) is 6.26. The van der Waals surface area contributed by atoms with Gasteiger partial charge in [-0.25, -0.2) is 9.59 Å². The summed E-state index contributed by atoms with van der Waals surface area (Å²) < 4.78 is 20.3. The average molecular weight is 383 g/mol. The van der Waals surface area contributed by atoms with Crippen LogP contribution in [0.3, 0.4) is 0 Å². The molecule has 0 N–H and O–H groups in total. The summed E-state index contributed by atoms with van der Waals surface area (Å²) in [7, 11) is 1.24. The zero-order valence-corrected chi connectivity index (χ0v) is 15.6. The lowest BCUT2D eigenvalue weighted by atomic mass is 10.0. The van der Waals surface area contributed by atoms with E-state index in [0.29, 0.717) is 10.9 Å². The first-order chi connectivity index (χ1) is 12.3. The van der Waals surface area contributed by atoms with Crippen LogP contribution < -0.4 is 10.4 Å². The highest BCUT2D eigenvalue weighted by Crippen LogP contribution is 2.32. The van der Waals surface area contributed by atoms with Gasteiger partial charge in [0, 0.05) is 11.5 Å². The summed E-state index contributed by atoms with van der Waals surface area (Å²) in [6.07, 6.45) is -1.08. The first-order valence-electron chi connectivity index (χ1n) is 7.94. The summed E-state index contributed by atoms with van der Waals surface area (Å²) in [4.78, 5) is 35.4. The van der Waals surface area contributed by atoms with E-state index in [0.717, 1.165) is 0 Å². The summed E-state index contributed by atoms with van der Waals surface area (Å²) in [5, 5.41) is 0.791. The topological polar surface area (TPSA) is 92.0 Å². The number of carbonyl (C=O) groups is 2. The fourth-order valence-corrected chi connectivity index (χ4v) is 2.61. The molecular weight excluding hydrogens is 364 g/mol. The molecule has 0 saturated heterocycles. The molecule has 1 heterocycles. The second-order valence-corrected chi connectivity index (χ2v) is 5.94. The van der Waals surface area contributed by atoms with Gasteiger partial charge in [-0.3, -0.25) is 4.79 Å². The molecule has 0 aliphatic carbocycles. The lowest BCUT2D eigenvalue weighted by molar-refractivity contribution is -0.150. The number of halogens is 1. The van der Waals surface area contributed by atoms with E-state index in [2.05, 4.69) is 4.74 Å².